The summed E-state index contributed by atoms with van der Waals surface area (Å²) in [7, 11) is 0. The second kappa shape index (κ2) is 2.93. The van der Waals surface area contributed by atoms with Gasteiger partial charge in [0.05, 0.1) is 0 Å². The molecule has 0 aliphatic carbocycles. The summed E-state index contributed by atoms with van der Waals surface area (Å²) in [6, 6.07) is 8.31. The summed E-state index contributed by atoms with van der Waals surface area (Å²) in [6.07, 6.45) is 1.95. The van der Waals surface area contributed by atoms with Gasteiger partial charge >= 0.3 is 82.5 Å². The quantitative estimate of drug-likeness (QED) is 0.660. The molecular weight excluding hydrogens is 325 g/mol. The Hall–Kier alpha value is -0.375. The number of hydrogen-bond donors (Lipinski definition) is 0. The first-order valence-corrected chi connectivity index (χ1v) is 6.01. The van der Waals surface area contributed by atoms with Crippen molar-refractivity contribution in [2.45, 2.75) is 6.54 Å². The molecule has 2 rings (SSSR count). The van der Waals surface area contributed by atoms with Crippen molar-refractivity contribution in [1.29, 1.82) is 0 Å². The molecule has 1 aromatic carbocycles. The molecule has 3 heteroatoms. The topological polar surface area (TPSA) is 15.6 Å². The average molecular weight is 332 g/mol. The van der Waals surface area contributed by atoms with Crippen LogP contribution >= 0.6 is 0 Å². The van der Waals surface area contributed by atoms with E-state index < -0.39 is 0 Å². The van der Waals surface area contributed by atoms with Crippen molar-refractivity contribution in [1.82, 2.24) is 2.66 Å². The first kappa shape index (κ1) is 7.28. The molecular formula is C8H7HgN2. The van der Waals surface area contributed by atoms with Crippen LogP contribution in [0.2, 0.25) is 0 Å². The van der Waals surface area contributed by atoms with Gasteiger partial charge in [0.2, 0.25) is 0 Å². The molecule has 0 saturated carbocycles. The Morgan fingerprint density at radius 3 is 3.09 bits per heavy atom. The van der Waals surface area contributed by atoms with E-state index in [1.807, 2.05) is 12.4 Å². The van der Waals surface area contributed by atoms with Gasteiger partial charge in [-0.25, -0.2) is 0 Å². The monoisotopic (exact) mass is 333 g/mol. The molecule has 51 valence electrons. The van der Waals surface area contributed by atoms with Crippen molar-refractivity contribution in [2.24, 2.45) is 4.99 Å². The van der Waals surface area contributed by atoms with Gasteiger partial charge in [0, 0.05) is 0 Å². The second-order valence-electron chi connectivity index (χ2n) is 2.62. The molecule has 1 aliphatic heterocycles. The number of rotatable bonds is 0. The summed E-state index contributed by atoms with van der Waals surface area (Å²) in [5.74, 6) is 0. The van der Waals surface area contributed by atoms with E-state index in [2.05, 4.69) is 25.9 Å². The molecule has 0 radical (unpaired) electrons. The number of benzene rings is 1. The first-order chi connectivity index (χ1) is 5.36. The molecule has 0 unspecified atom stereocenters. The zero-order valence-electron chi connectivity index (χ0n) is 6.20. The van der Waals surface area contributed by atoms with E-state index in [0.717, 1.165) is 12.2 Å². The summed E-state index contributed by atoms with van der Waals surface area (Å²) in [5, 5.41) is 0. The molecule has 1 heterocycles. The van der Waals surface area contributed by atoms with Crippen LogP contribution in [0.15, 0.2) is 29.3 Å². The number of para-hydroxylation sites is 1. The fourth-order valence-corrected chi connectivity index (χ4v) is 2.43. The van der Waals surface area contributed by atoms with Crippen LogP contribution in [-0.2, 0) is 33.0 Å². The van der Waals surface area contributed by atoms with Crippen molar-refractivity contribution < 1.29 is 26.4 Å². The molecule has 0 aromatic heterocycles. The van der Waals surface area contributed by atoms with Gasteiger partial charge in [0.15, 0.2) is 0 Å². The third-order valence-corrected chi connectivity index (χ3v) is 3.23. The van der Waals surface area contributed by atoms with Gasteiger partial charge in [-0.2, -0.15) is 0 Å². The molecule has 1 aromatic rings. The van der Waals surface area contributed by atoms with E-state index in [0.29, 0.717) is 26.4 Å². The van der Waals surface area contributed by atoms with Crippen LogP contribution in [0.1, 0.15) is 5.56 Å². The molecule has 0 N–H and O–H groups in total. The van der Waals surface area contributed by atoms with Gasteiger partial charge in [-0.3, -0.25) is 0 Å². The molecule has 0 spiro atoms. The Morgan fingerprint density at radius 2 is 2.18 bits per heavy atom. The zero-order chi connectivity index (χ0) is 7.68. The molecule has 0 atom stereocenters. The van der Waals surface area contributed by atoms with E-state index in [1.54, 1.807) is 0 Å². The van der Waals surface area contributed by atoms with Crippen molar-refractivity contribution in [3.63, 3.8) is 0 Å². The van der Waals surface area contributed by atoms with Crippen molar-refractivity contribution >= 4 is 12.0 Å². The maximum atomic E-state index is 4.32. The van der Waals surface area contributed by atoms with Crippen LogP contribution in [0.3, 0.4) is 0 Å². The Labute approximate surface area is 82.3 Å². The maximum absolute atomic E-state index is 4.32. The van der Waals surface area contributed by atoms with Crippen LogP contribution in [-0.4, -0.2) is 9.00 Å². The van der Waals surface area contributed by atoms with Crippen LogP contribution in [0.5, 0.6) is 0 Å². The average Bonchev–Trinajstić information content (AvgIpc) is 2.04. The van der Waals surface area contributed by atoms with E-state index in [4.69, 9.17) is 0 Å². The van der Waals surface area contributed by atoms with Gasteiger partial charge in [-0.05, 0) is 0 Å². The van der Waals surface area contributed by atoms with E-state index in [-0.39, 0.29) is 0 Å². The minimum absolute atomic E-state index is 0.664. The number of hydrogen-bond acceptors (Lipinski definition) is 2. The van der Waals surface area contributed by atoms with Crippen LogP contribution in [0.4, 0.5) is 5.69 Å². The van der Waals surface area contributed by atoms with Crippen molar-refractivity contribution in [3.05, 3.63) is 29.8 Å². The summed E-state index contributed by atoms with van der Waals surface area (Å²) in [4.78, 5) is 4.32. The Kier molecular flexibility index (Phi) is 1.94. The number of aliphatic imine (C=N–C) groups is 1. The minimum atomic E-state index is 0.664. The van der Waals surface area contributed by atoms with Gasteiger partial charge < -0.3 is 0 Å². The van der Waals surface area contributed by atoms with E-state index in [1.165, 1.54) is 5.56 Å². The Morgan fingerprint density at radius 1 is 1.36 bits per heavy atom. The third kappa shape index (κ3) is 1.45. The number of nitrogens with zero attached hydrogens (tertiary/aromatic N) is 2. The van der Waals surface area contributed by atoms with E-state index in [9.17, 15) is 0 Å². The Bertz CT molecular complexity index is 296. The molecule has 11 heavy (non-hydrogen) atoms. The summed E-state index contributed by atoms with van der Waals surface area (Å²) in [5.41, 5.74) is 2.49. The zero-order valence-corrected chi connectivity index (χ0v) is 11.7. The molecule has 1 aliphatic rings. The molecule has 0 saturated heterocycles. The van der Waals surface area contributed by atoms with Crippen LogP contribution in [0, 0.1) is 0 Å². The van der Waals surface area contributed by atoms with Crippen LogP contribution in [0.25, 0.3) is 0 Å². The van der Waals surface area contributed by atoms with E-state index >= 15 is 0 Å². The van der Waals surface area contributed by atoms with Crippen molar-refractivity contribution in [3.8, 4) is 0 Å². The second-order valence-corrected chi connectivity index (χ2v) is 5.78. The fraction of sp³-hybridized carbons (Fsp3) is 0.125. The molecule has 0 amide bonds. The van der Waals surface area contributed by atoms with Gasteiger partial charge in [0.1, 0.15) is 0 Å². The van der Waals surface area contributed by atoms with Gasteiger partial charge in [-0.1, -0.05) is 0 Å². The van der Waals surface area contributed by atoms with Gasteiger partial charge in [-0.15, -0.1) is 0 Å². The van der Waals surface area contributed by atoms with Gasteiger partial charge in [0.25, 0.3) is 0 Å². The third-order valence-electron chi connectivity index (χ3n) is 1.73. The SMILES string of the molecule is [Hg][N]1C=Nc2ccccc2C1. The summed E-state index contributed by atoms with van der Waals surface area (Å²) < 4.78 is 2.27. The Balaban J connectivity index is 2.46. The molecule has 2 nitrogen and oxygen atoms in total. The normalized spacial score (nSPS) is 14.9. The predicted octanol–water partition coefficient (Wildman–Crippen LogP) is 1.62. The van der Waals surface area contributed by atoms with Crippen LogP contribution < -0.4 is 0 Å². The standard InChI is InChI=1S/C8H7N2.Hg/c1-2-4-8-7(3-1)5-9-6-10-8;/h1-4,6H,5H2;/q-1;+1. The number of fused-ring (bicyclic) bond motifs is 1. The van der Waals surface area contributed by atoms with Crippen molar-refractivity contribution in [2.75, 3.05) is 0 Å². The first-order valence-electron chi connectivity index (χ1n) is 3.55. The fourth-order valence-electron chi connectivity index (χ4n) is 1.17. The summed E-state index contributed by atoms with van der Waals surface area (Å²) >= 11 is 0.664. The molecule has 0 bridgehead atoms. The molecule has 0 fully saturated rings. The predicted molar refractivity (Wildman–Crippen MR) is 40.1 cm³/mol. The summed E-state index contributed by atoms with van der Waals surface area (Å²) in [6.45, 7) is 1.06.